The van der Waals surface area contributed by atoms with Crippen LogP contribution in [0.2, 0.25) is 0 Å². The second-order valence-corrected chi connectivity index (χ2v) is 3.79. The highest BCUT2D eigenvalue weighted by molar-refractivity contribution is 5.21. The summed E-state index contributed by atoms with van der Waals surface area (Å²) < 4.78 is 11.0. The molecular formula is C12H16O2. The molecule has 1 aliphatic heterocycles. The van der Waals surface area contributed by atoms with E-state index >= 15 is 0 Å². The average molecular weight is 192 g/mol. The van der Waals surface area contributed by atoms with Crippen LogP contribution in [0.4, 0.5) is 0 Å². The van der Waals surface area contributed by atoms with Crippen molar-refractivity contribution in [3.63, 3.8) is 0 Å². The minimum atomic E-state index is 0.301. The molecule has 2 nitrogen and oxygen atoms in total. The van der Waals surface area contributed by atoms with E-state index in [9.17, 15) is 0 Å². The molecule has 1 unspecified atom stereocenters. The van der Waals surface area contributed by atoms with Gasteiger partial charge >= 0.3 is 0 Å². The second-order valence-electron chi connectivity index (χ2n) is 3.79. The average Bonchev–Trinajstić information content (AvgIpc) is 2.67. The lowest BCUT2D eigenvalue weighted by Gasteiger charge is -2.09. The molecule has 2 heteroatoms. The highest BCUT2D eigenvalue weighted by Gasteiger charge is 2.15. The van der Waals surface area contributed by atoms with Crippen LogP contribution in [0.1, 0.15) is 17.5 Å². The van der Waals surface area contributed by atoms with Crippen LogP contribution < -0.4 is 0 Å². The van der Waals surface area contributed by atoms with E-state index in [1.165, 1.54) is 11.1 Å². The largest absolute Gasteiger partial charge is 0.379 e. The molecule has 1 aromatic rings. The molecule has 0 spiro atoms. The van der Waals surface area contributed by atoms with Crippen molar-refractivity contribution in [2.24, 2.45) is 0 Å². The van der Waals surface area contributed by atoms with Crippen LogP contribution in [-0.4, -0.2) is 19.3 Å². The van der Waals surface area contributed by atoms with Gasteiger partial charge in [0.2, 0.25) is 0 Å². The Morgan fingerprint density at radius 1 is 1.50 bits per heavy atom. The normalized spacial score (nSPS) is 21.4. The number of aryl methyl sites for hydroxylation is 1. The van der Waals surface area contributed by atoms with Gasteiger partial charge in [0.15, 0.2) is 0 Å². The standard InChI is InChI=1S/C12H16O2/c1-10-3-2-4-11(7-10)8-14-12-5-6-13-9-12/h2-4,7,12H,5-6,8-9H2,1H3. The summed E-state index contributed by atoms with van der Waals surface area (Å²) in [6.45, 7) is 4.40. The first-order valence-electron chi connectivity index (χ1n) is 5.09. The number of hydrogen-bond donors (Lipinski definition) is 0. The molecule has 76 valence electrons. The topological polar surface area (TPSA) is 18.5 Å². The first-order valence-corrected chi connectivity index (χ1v) is 5.09. The lowest BCUT2D eigenvalue weighted by atomic mass is 10.1. The van der Waals surface area contributed by atoms with Gasteiger partial charge in [0, 0.05) is 6.61 Å². The van der Waals surface area contributed by atoms with Gasteiger partial charge in [-0.05, 0) is 18.9 Å². The van der Waals surface area contributed by atoms with E-state index in [1.54, 1.807) is 0 Å². The zero-order chi connectivity index (χ0) is 9.80. The molecule has 1 heterocycles. The van der Waals surface area contributed by atoms with Gasteiger partial charge in [-0.1, -0.05) is 29.8 Å². The Bertz CT molecular complexity index is 290. The van der Waals surface area contributed by atoms with E-state index in [0.717, 1.165) is 19.6 Å². The molecule has 0 N–H and O–H groups in total. The Balaban J connectivity index is 1.85. The van der Waals surface area contributed by atoms with E-state index in [4.69, 9.17) is 9.47 Å². The molecule has 1 aliphatic rings. The molecule has 0 aliphatic carbocycles. The van der Waals surface area contributed by atoms with Gasteiger partial charge in [-0.3, -0.25) is 0 Å². The van der Waals surface area contributed by atoms with Crippen molar-refractivity contribution >= 4 is 0 Å². The maximum Gasteiger partial charge on any atom is 0.0834 e. The molecule has 0 radical (unpaired) electrons. The SMILES string of the molecule is Cc1cccc(COC2CCOC2)c1. The first kappa shape index (κ1) is 9.69. The molecular weight excluding hydrogens is 176 g/mol. The molecule has 0 bridgehead atoms. The lowest BCUT2D eigenvalue weighted by Crippen LogP contribution is -2.11. The molecule has 1 fully saturated rings. The predicted molar refractivity (Wildman–Crippen MR) is 55.2 cm³/mol. The van der Waals surface area contributed by atoms with Crippen LogP contribution in [0.15, 0.2) is 24.3 Å². The summed E-state index contributed by atoms with van der Waals surface area (Å²) in [6.07, 6.45) is 1.33. The Kier molecular flexibility index (Phi) is 3.17. The van der Waals surface area contributed by atoms with Crippen molar-refractivity contribution in [1.29, 1.82) is 0 Å². The molecule has 0 aromatic heterocycles. The van der Waals surface area contributed by atoms with Crippen molar-refractivity contribution in [1.82, 2.24) is 0 Å². The van der Waals surface area contributed by atoms with Crippen molar-refractivity contribution in [3.05, 3.63) is 35.4 Å². The summed E-state index contributed by atoms with van der Waals surface area (Å²) in [5.41, 5.74) is 2.53. The monoisotopic (exact) mass is 192 g/mol. The fraction of sp³-hybridized carbons (Fsp3) is 0.500. The maximum atomic E-state index is 5.72. The van der Waals surface area contributed by atoms with Gasteiger partial charge in [0.25, 0.3) is 0 Å². The van der Waals surface area contributed by atoms with Crippen LogP contribution in [0.3, 0.4) is 0 Å². The Hall–Kier alpha value is -0.860. The predicted octanol–water partition coefficient (Wildman–Crippen LogP) is 2.30. The van der Waals surface area contributed by atoms with Crippen LogP contribution in [-0.2, 0) is 16.1 Å². The summed E-state index contributed by atoms with van der Waals surface area (Å²) in [7, 11) is 0. The Morgan fingerprint density at radius 2 is 2.43 bits per heavy atom. The maximum absolute atomic E-state index is 5.72. The van der Waals surface area contributed by atoms with Crippen molar-refractivity contribution in [3.8, 4) is 0 Å². The molecule has 1 aromatic carbocycles. The summed E-state index contributed by atoms with van der Waals surface area (Å²) in [5.74, 6) is 0. The highest BCUT2D eigenvalue weighted by Crippen LogP contribution is 2.12. The number of hydrogen-bond acceptors (Lipinski definition) is 2. The van der Waals surface area contributed by atoms with Gasteiger partial charge < -0.3 is 9.47 Å². The third kappa shape index (κ3) is 2.56. The quantitative estimate of drug-likeness (QED) is 0.731. The minimum absolute atomic E-state index is 0.301. The Morgan fingerprint density at radius 3 is 3.14 bits per heavy atom. The van der Waals surface area contributed by atoms with E-state index in [2.05, 4.69) is 31.2 Å². The summed E-state index contributed by atoms with van der Waals surface area (Å²) in [6, 6.07) is 8.43. The fourth-order valence-electron chi connectivity index (χ4n) is 1.66. The van der Waals surface area contributed by atoms with E-state index in [-0.39, 0.29) is 0 Å². The van der Waals surface area contributed by atoms with Gasteiger partial charge in [-0.2, -0.15) is 0 Å². The number of benzene rings is 1. The summed E-state index contributed by atoms with van der Waals surface area (Å²) in [4.78, 5) is 0. The molecule has 0 saturated carbocycles. The number of ether oxygens (including phenoxy) is 2. The fourth-order valence-corrected chi connectivity index (χ4v) is 1.66. The van der Waals surface area contributed by atoms with E-state index in [1.807, 2.05) is 0 Å². The highest BCUT2D eigenvalue weighted by atomic mass is 16.5. The van der Waals surface area contributed by atoms with E-state index in [0.29, 0.717) is 12.7 Å². The van der Waals surface area contributed by atoms with Crippen LogP contribution in [0.25, 0.3) is 0 Å². The van der Waals surface area contributed by atoms with Gasteiger partial charge in [0.1, 0.15) is 0 Å². The molecule has 1 atom stereocenters. The van der Waals surface area contributed by atoms with Crippen molar-refractivity contribution in [2.75, 3.05) is 13.2 Å². The third-order valence-electron chi connectivity index (χ3n) is 2.46. The molecule has 0 amide bonds. The Labute approximate surface area is 84.8 Å². The summed E-state index contributed by atoms with van der Waals surface area (Å²) in [5, 5.41) is 0. The second kappa shape index (κ2) is 4.58. The number of rotatable bonds is 3. The first-order chi connectivity index (χ1) is 6.84. The smallest absolute Gasteiger partial charge is 0.0834 e. The van der Waals surface area contributed by atoms with Crippen LogP contribution >= 0.6 is 0 Å². The van der Waals surface area contributed by atoms with Crippen molar-refractivity contribution in [2.45, 2.75) is 26.1 Å². The van der Waals surface area contributed by atoms with Gasteiger partial charge in [0.05, 0.1) is 19.3 Å². The minimum Gasteiger partial charge on any atom is -0.379 e. The van der Waals surface area contributed by atoms with E-state index < -0.39 is 0 Å². The lowest BCUT2D eigenvalue weighted by molar-refractivity contribution is 0.0317. The third-order valence-corrected chi connectivity index (χ3v) is 2.46. The zero-order valence-corrected chi connectivity index (χ0v) is 8.53. The van der Waals surface area contributed by atoms with Gasteiger partial charge in [-0.25, -0.2) is 0 Å². The molecule has 2 rings (SSSR count). The van der Waals surface area contributed by atoms with Gasteiger partial charge in [-0.15, -0.1) is 0 Å². The van der Waals surface area contributed by atoms with Crippen LogP contribution in [0.5, 0.6) is 0 Å². The zero-order valence-electron chi connectivity index (χ0n) is 8.53. The molecule has 14 heavy (non-hydrogen) atoms. The van der Waals surface area contributed by atoms with Crippen LogP contribution in [0, 0.1) is 6.92 Å². The van der Waals surface area contributed by atoms with Crippen molar-refractivity contribution < 1.29 is 9.47 Å². The summed E-state index contributed by atoms with van der Waals surface area (Å²) >= 11 is 0. The molecule has 1 saturated heterocycles.